The summed E-state index contributed by atoms with van der Waals surface area (Å²) in [6.45, 7) is 3.96. The van der Waals surface area contributed by atoms with Crippen molar-refractivity contribution >= 4 is 50.9 Å². The number of carbonyl (C=O) groups excluding carboxylic acids is 1. The zero-order chi connectivity index (χ0) is 24.1. The molecule has 3 heterocycles. The van der Waals surface area contributed by atoms with Gasteiger partial charge in [0.1, 0.15) is 5.82 Å². The first-order valence-corrected chi connectivity index (χ1v) is 12.8. The summed E-state index contributed by atoms with van der Waals surface area (Å²) in [6, 6.07) is 5.27. The number of alkyl halides is 2. The fraction of sp³-hybridized carbons (Fsp3) is 0.542. The number of aryl methyl sites for hydroxylation is 1. The van der Waals surface area contributed by atoms with Crippen molar-refractivity contribution in [3.8, 4) is 0 Å². The van der Waals surface area contributed by atoms with Crippen LogP contribution >= 0.6 is 27.5 Å². The summed E-state index contributed by atoms with van der Waals surface area (Å²) in [7, 11) is 0. The SMILES string of the molecule is Cc1cc(NC(=O)c2cc(Cl)c(Br)cc2N2CCC3(CC2)CC3)nc(N2CCC(F)(F)CC2)n1. The molecule has 0 bridgehead atoms. The molecule has 10 heteroatoms. The van der Waals surface area contributed by atoms with Gasteiger partial charge in [0.2, 0.25) is 5.95 Å². The molecule has 2 aromatic rings. The third-order valence-corrected chi connectivity index (χ3v) is 8.46. The van der Waals surface area contributed by atoms with Gasteiger partial charge in [0, 0.05) is 55.3 Å². The van der Waals surface area contributed by atoms with E-state index >= 15 is 0 Å². The van der Waals surface area contributed by atoms with E-state index < -0.39 is 5.92 Å². The first kappa shape index (κ1) is 23.7. The van der Waals surface area contributed by atoms with Crippen LogP contribution in [0.4, 0.5) is 26.2 Å². The predicted octanol–water partition coefficient (Wildman–Crippen LogP) is 6.07. The molecular formula is C24H27BrClF2N5O. The van der Waals surface area contributed by atoms with Crippen molar-refractivity contribution in [2.75, 3.05) is 41.3 Å². The molecule has 6 nitrogen and oxygen atoms in total. The Balaban J connectivity index is 1.37. The second-order valence-corrected chi connectivity index (χ2v) is 11.0. The van der Waals surface area contributed by atoms with Gasteiger partial charge in [0.25, 0.3) is 11.8 Å². The Hall–Kier alpha value is -2.00. The number of carbonyl (C=O) groups is 1. The largest absolute Gasteiger partial charge is 0.371 e. The molecule has 2 saturated heterocycles. The Labute approximate surface area is 211 Å². The average molecular weight is 555 g/mol. The van der Waals surface area contributed by atoms with Crippen molar-refractivity contribution in [3.63, 3.8) is 0 Å². The summed E-state index contributed by atoms with van der Waals surface area (Å²) >= 11 is 9.86. The number of rotatable bonds is 4. The maximum Gasteiger partial charge on any atom is 0.258 e. The topological polar surface area (TPSA) is 61.4 Å². The Morgan fingerprint density at radius 3 is 2.29 bits per heavy atom. The molecule has 1 aromatic carbocycles. The molecule has 182 valence electrons. The van der Waals surface area contributed by atoms with Gasteiger partial charge in [-0.15, -0.1) is 0 Å². The van der Waals surface area contributed by atoms with Crippen LogP contribution < -0.4 is 15.1 Å². The van der Waals surface area contributed by atoms with E-state index in [-0.39, 0.29) is 31.8 Å². The summed E-state index contributed by atoms with van der Waals surface area (Å²) in [5.74, 6) is -2.27. The molecule has 1 aliphatic carbocycles. The highest BCUT2D eigenvalue weighted by Gasteiger charge is 2.44. The van der Waals surface area contributed by atoms with Gasteiger partial charge < -0.3 is 15.1 Å². The van der Waals surface area contributed by atoms with E-state index in [9.17, 15) is 13.6 Å². The fourth-order valence-electron chi connectivity index (χ4n) is 4.85. The predicted molar refractivity (Wildman–Crippen MR) is 133 cm³/mol. The number of anilines is 3. The van der Waals surface area contributed by atoms with Gasteiger partial charge in [-0.05, 0) is 66.1 Å². The smallest absolute Gasteiger partial charge is 0.258 e. The van der Waals surface area contributed by atoms with E-state index in [0.717, 1.165) is 36.1 Å². The molecule has 1 aromatic heterocycles. The standard InChI is InChI=1S/C24H27BrClF2N5O/c1-15-12-20(31-22(29-15)33-10-6-24(27,28)7-11-33)30-21(34)16-13-18(26)17(25)14-19(16)32-8-4-23(2-3-23)5-9-32/h12-14H,2-11H2,1H3,(H,29,30,31,34). The second-order valence-electron chi connectivity index (χ2n) is 9.76. The summed E-state index contributed by atoms with van der Waals surface area (Å²) in [6.07, 6.45) is 4.42. The summed E-state index contributed by atoms with van der Waals surface area (Å²) in [5.41, 5.74) is 2.50. The highest BCUT2D eigenvalue weighted by Crippen LogP contribution is 2.54. The van der Waals surface area contributed by atoms with Crippen LogP contribution in [-0.2, 0) is 0 Å². The number of piperidine rings is 2. The van der Waals surface area contributed by atoms with Crippen LogP contribution in [0.3, 0.4) is 0 Å². The Morgan fingerprint density at radius 1 is 1.00 bits per heavy atom. The lowest BCUT2D eigenvalue weighted by Gasteiger charge is -2.35. The van der Waals surface area contributed by atoms with Gasteiger partial charge in [0.15, 0.2) is 0 Å². The van der Waals surface area contributed by atoms with Gasteiger partial charge >= 0.3 is 0 Å². The van der Waals surface area contributed by atoms with Crippen molar-refractivity contribution in [2.24, 2.45) is 5.41 Å². The third kappa shape index (κ3) is 5.00. The normalized spacial score (nSPS) is 21.0. The van der Waals surface area contributed by atoms with Crippen molar-refractivity contribution < 1.29 is 13.6 Å². The molecule has 0 atom stereocenters. The fourth-order valence-corrected chi connectivity index (χ4v) is 5.35. The van der Waals surface area contributed by atoms with E-state index in [1.54, 1.807) is 24.0 Å². The number of nitrogens with zero attached hydrogens (tertiary/aromatic N) is 4. The molecule has 0 radical (unpaired) electrons. The first-order valence-electron chi connectivity index (χ1n) is 11.7. The lowest BCUT2D eigenvalue weighted by Crippen LogP contribution is -2.40. The van der Waals surface area contributed by atoms with Gasteiger partial charge in [-0.2, -0.15) is 4.98 Å². The van der Waals surface area contributed by atoms with Crippen LogP contribution in [0, 0.1) is 12.3 Å². The molecule has 1 spiro atoms. The number of halogens is 4. The molecular weight excluding hydrogens is 528 g/mol. The molecule has 2 aliphatic heterocycles. The number of aromatic nitrogens is 2. The minimum absolute atomic E-state index is 0.173. The maximum atomic E-state index is 13.6. The van der Waals surface area contributed by atoms with Crippen molar-refractivity contribution in [1.29, 1.82) is 0 Å². The van der Waals surface area contributed by atoms with Crippen molar-refractivity contribution in [3.05, 3.63) is 39.0 Å². The number of nitrogens with one attached hydrogen (secondary N) is 1. The highest BCUT2D eigenvalue weighted by molar-refractivity contribution is 9.10. The average Bonchev–Trinajstić information content (AvgIpc) is 3.54. The van der Waals surface area contributed by atoms with Gasteiger partial charge in [-0.25, -0.2) is 13.8 Å². The lowest BCUT2D eigenvalue weighted by atomic mass is 9.93. The lowest BCUT2D eigenvalue weighted by molar-refractivity contribution is -0.0222. The highest BCUT2D eigenvalue weighted by atomic mass is 79.9. The second kappa shape index (κ2) is 8.90. The minimum atomic E-state index is -2.65. The maximum absolute atomic E-state index is 13.6. The summed E-state index contributed by atoms with van der Waals surface area (Å²) < 4.78 is 27.9. The molecule has 3 fully saturated rings. The van der Waals surface area contributed by atoms with E-state index in [2.05, 4.69) is 36.1 Å². The molecule has 34 heavy (non-hydrogen) atoms. The Morgan fingerprint density at radius 2 is 1.65 bits per heavy atom. The van der Waals surface area contributed by atoms with E-state index in [1.807, 2.05) is 6.07 Å². The van der Waals surface area contributed by atoms with Crippen LogP contribution in [0.15, 0.2) is 22.7 Å². The van der Waals surface area contributed by atoms with Crippen molar-refractivity contribution in [2.45, 2.75) is 51.4 Å². The van der Waals surface area contributed by atoms with Crippen LogP contribution in [0.5, 0.6) is 0 Å². The Kier molecular flexibility index (Phi) is 6.21. The van der Waals surface area contributed by atoms with Gasteiger partial charge in [-0.3, -0.25) is 4.79 Å². The van der Waals surface area contributed by atoms with Crippen LogP contribution in [0.2, 0.25) is 5.02 Å². The number of amides is 1. The summed E-state index contributed by atoms with van der Waals surface area (Å²) in [5, 5.41) is 3.34. The quantitative estimate of drug-likeness (QED) is 0.497. The Bertz CT molecular complexity index is 1110. The molecule has 5 rings (SSSR count). The number of benzene rings is 1. The number of hydrogen-bond acceptors (Lipinski definition) is 5. The number of hydrogen-bond donors (Lipinski definition) is 1. The van der Waals surface area contributed by atoms with E-state index in [0.29, 0.717) is 33.5 Å². The van der Waals surface area contributed by atoms with Crippen molar-refractivity contribution in [1.82, 2.24) is 9.97 Å². The third-order valence-electron chi connectivity index (χ3n) is 7.27. The zero-order valence-corrected chi connectivity index (χ0v) is 21.4. The van der Waals surface area contributed by atoms with E-state index in [4.69, 9.17) is 11.6 Å². The van der Waals surface area contributed by atoms with Gasteiger partial charge in [0.05, 0.1) is 16.3 Å². The van der Waals surface area contributed by atoms with E-state index in [1.165, 1.54) is 12.8 Å². The molecule has 0 unspecified atom stereocenters. The molecule has 1 saturated carbocycles. The molecule has 1 N–H and O–H groups in total. The molecule has 3 aliphatic rings. The van der Waals surface area contributed by atoms with Crippen LogP contribution in [-0.4, -0.2) is 48.0 Å². The first-order chi connectivity index (χ1) is 16.1. The van der Waals surface area contributed by atoms with Crippen LogP contribution in [0.25, 0.3) is 0 Å². The monoisotopic (exact) mass is 553 g/mol. The van der Waals surface area contributed by atoms with Crippen LogP contribution in [0.1, 0.15) is 54.6 Å². The van der Waals surface area contributed by atoms with Gasteiger partial charge in [-0.1, -0.05) is 11.6 Å². The molecule has 1 amide bonds. The zero-order valence-electron chi connectivity index (χ0n) is 19.0. The minimum Gasteiger partial charge on any atom is -0.371 e. The summed E-state index contributed by atoms with van der Waals surface area (Å²) in [4.78, 5) is 26.2.